The van der Waals surface area contributed by atoms with Crippen LogP contribution in [0.5, 0.6) is 0 Å². The van der Waals surface area contributed by atoms with E-state index in [1.807, 2.05) is 0 Å². The van der Waals surface area contributed by atoms with Crippen LogP contribution in [-0.2, 0) is 4.79 Å². The van der Waals surface area contributed by atoms with Crippen molar-refractivity contribution >= 4 is 34.3 Å². The number of hydrogen-bond acceptors (Lipinski definition) is 5. The molecule has 148 valence electrons. The maximum absolute atomic E-state index is 13.4. The summed E-state index contributed by atoms with van der Waals surface area (Å²) in [6.07, 6.45) is 5.18. The normalized spacial score (nSPS) is 20.4. The van der Waals surface area contributed by atoms with E-state index in [-0.39, 0.29) is 17.4 Å². The lowest BCUT2D eigenvalue weighted by Gasteiger charge is -2.30. The molecule has 0 radical (unpaired) electrons. The lowest BCUT2D eigenvalue weighted by atomic mass is 9.98. The van der Waals surface area contributed by atoms with Crippen LogP contribution in [0.1, 0.15) is 48.0 Å². The van der Waals surface area contributed by atoms with Crippen LogP contribution in [0.3, 0.4) is 0 Å². The minimum absolute atomic E-state index is 0.0120. The van der Waals surface area contributed by atoms with Gasteiger partial charge in [-0.15, -0.1) is 0 Å². The number of furan rings is 2. The van der Waals surface area contributed by atoms with Crippen LogP contribution in [0, 0.1) is 0 Å². The summed E-state index contributed by atoms with van der Waals surface area (Å²) in [6, 6.07) is 9.22. The predicted molar refractivity (Wildman–Crippen MR) is 106 cm³/mol. The number of nitrogens with zero attached hydrogens (tertiary/aromatic N) is 1. The smallest absolute Gasteiger partial charge is 0.290 e. The molecule has 0 bridgehead atoms. The van der Waals surface area contributed by atoms with E-state index in [0.29, 0.717) is 21.8 Å². The molecule has 3 aromatic rings. The summed E-state index contributed by atoms with van der Waals surface area (Å²) in [4.78, 5) is 27.9. The lowest BCUT2D eigenvalue weighted by molar-refractivity contribution is -0.132. The number of ketones is 1. The third kappa shape index (κ3) is 2.86. The number of carbonyl (C=O) groups excluding carboxylic acids is 2. The van der Waals surface area contributed by atoms with Crippen molar-refractivity contribution in [3.63, 3.8) is 0 Å². The molecule has 1 N–H and O–H groups in total. The molecular weight excluding hydrogens is 394 g/mol. The summed E-state index contributed by atoms with van der Waals surface area (Å²) >= 11 is 6.02. The first-order valence-electron chi connectivity index (χ1n) is 9.57. The summed E-state index contributed by atoms with van der Waals surface area (Å²) in [5, 5.41) is 11.9. The first-order chi connectivity index (χ1) is 14.0. The van der Waals surface area contributed by atoms with Crippen molar-refractivity contribution in [1.82, 2.24) is 4.90 Å². The Labute approximate surface area is 171 Å². The van der Waals surface area contributed by atoms with Crippen molar-refractivity contribution in [2.75, 3.05) is 0 Å². The topological polar surface area (TPSA) is 83.9 Å². The van der Waals surface area contributed by atoms with Crippen molar-refractivity contribution in [2.45, 2.75) is 37.8 Å². The van der Waals surface area contributed by atoms with Gasteiger partial charge < -0.3 is 18.8 Å². The van der Waals surface area contributed by atoms with E-state index in [1.54, 1.807) is 41.3 Å². The van der Waals surface area contributed by atoms with Gasteiger partial charge in [0.15, 0.2) is 11.5 Å². The van der Waals surface area contributed by atoms with Crippen LogP contribution in [-0.4, -0.2) is 27.7 Å². The zero-order valence-electron chi connectivity index (χ0n) is 15.4. The molecule has 1 fully saturated rings. The van der Waals surface area contributed by atoms with E-state index >= 15 is 0 Å². The highest BCUT2D eigenvalue weighted by atomic mass is 35.5. The Hall–Kier alpha value is -2.99. The number of aliphatic hydroxyl groups is 1. The molecule has 0 saturated heterocycles. The van der Waals surface area contributed by atoms with E-state index in [1.165, 1.54) is 6.26 Å². The van der Waals surface area contributed by atoms with Gasteiger partial charge in [0.1, 0.15) is 17.4 Å². The Balaban J connectivity index is 1.60. The van der Waals surface area contributed by atoms with Gasteiger partial charge in [-0.3, -0.25) is 9.59 Å². The second-order valence-electron chi connectivity index (χ2n) is 7.45. The summed E-state index contributed by atoms with van der Waals surface area (Å²) in [6.45, 7) is 0. The molecule has 7 heteroatoms. The fraction of sp³-hybridized carbons (Fsp3) is 0.273. The van der Waals surface area contributed by atoms with Crippen LogP contribution >= 0.6 is 11.6 Å². The zero-order valence-corrected chi connectivity index (χ0v) is 16.2. The highest BCUT2D eigenvalue weighted by Gasteiger charge is 2.48. The highest BCUT2D eigenvalue weighted by molar-refractivity contribution is 6.31. The van der Waals surface area contributed by atoms with E-state index in [4.69, 9.17) is 20.4 Å². The van der Waals surface area contributed by atoms with E-state index < -0.39 is 23.5 Å². The average molecular weight is 412 g/mol. The summed E-state index contributed by atoms with van der Waals surface area (Å²) in [5.41, 5.74) is 0.492. The number of amides is 1. The van der Waals surface area contributed by atoms with E-state index in [2.05, 4.69) is 0 Å². The number of halogens is 1. The molecule has 5 rings (SSSR count). The third-order valence-electron chi connectivity index (χ3n) is 5.72. The molecule has 1 unspecified atom stereocenters. The molecular formula is C22H18ClNO5. The van der Waals surface area contributed by atoms with Gasteiger partial charge in [-0.1, -0.05) is 24.4 Å². The first kappa shape index (κ1) is 18.1. The molecule has 1 aliphatic heterocycles. The van der Waals surface area contributed by atoms with Gasteiger partial charge in [0.2, 0.25) is 5.78 Å². The number of Topliss-reactive ketones (excluding diaryl/α,β-unsaturated/α-hetero) is 1. The van der Waals surface area contributed by atoms with Gasteiger partial charge in [0.05, 0.1) is 11.8 Å². The molecule has 1 amide bonds. The minimum Gasteiger partial charge on any atom is -0.503 e. The molecule has 1 saturated carbocycles. The Morgan fingerprint density at radius 2 is 1.97 bits per heavy atom. The molecule has 29 heavy (non-hydrogen) atoms. The average Bonchev–Trinajstić information content (AvgIpc) is 3.48. The highest BCUT2D eigenvalue weighted by Crippen LogP contribution is 2.43. The second kappa shape index (κ2) is 6.81. The van der Waals surface area contributed by atoms with Gasteiger partial charge in [-0.25, -0.2) is 0 Å². The monoisotopic (exact) mass is 411 g/mol. The standard InChI is InChI=1S/C22H18ClNO5/c23-13-7-8-15-12(10-13)11-17(29-15)20(25)18-19(16-6-3-9-28-16)24(22(27)21(18)26)14-4-1-2-5-14/h3,6-11,14,19,26H,1-2,4-5H2. The fourth-order valence-electron chi connectivity index (χ4n) is 4.40. The van der Waals surface area contributed by atoms with Crippen molar-refractivity contribution in [2.24, 2.45) is 0 Å². The Morgan fingerprint density at radius 3 is 2.69 bits per heavy atom. The van der Waals surface area contributed by atoms with Crippen LogP contribution in [0.25, 0.3) is 11.0 Å². The summed E-state index contributed by atoms with van der Waals surface area (Å²) in [7, 11) is 0. The number of rotatable bonds is 4. The van der Waals surface area contributed by atoms with Crippen LogP contribution in [0.4, 0.5) is 0 Å². The molecule has 2 aliphatic rings. The van der Waals surface area contributed by atoms with Crippen molar-refractivity contribution in [3.8, 4) is 0 Å². The molecule has 0 spiro atoms. The lowest BCUT2D eigenvalue weighted by Crippen LogP contribution is -2.38. The Bertz CT molecular complexity index is 1140. The van der Waals surface area contributed by atoms with Crippen molar-refractivity contribution < 1.29 is 23.5 Å². The van der Waals surface area contributed by atoms with Crippen LogP contribution in [0.15, 0.2) is 62.8 Å². The molecule has 6 nitrogen and oxygen atoms in total. The summed E-state index contributed by atoms with van der Waals surface area (Å²) < 4.78 is 11.2. The van der Waals surface area contributed by atoms with E-state index in [0.717, 1.165) is 25.7 Å². The largest absolute Gasteiger partial charge is 0.503 e. The van der Waals surface area contributed by atoms with Gasteiger partial charge in [-0.2, -0.15) is 0 Å². The molecule has 1 aromatic carbocycles. The van der Waals surface area contributed by atoms with Crippen molar-refractivity contribution in [1.29, 1.82) is 0 Å². The van der Waals surface area contributed by atoms with Gasteiger partial charge in [-0.05, 0) is 49.2 Å². The quantitative estimate of drug-likeness (QED) is 0.596. The third-order valence-corrected chi connectivity index (χ3v) is 5.96. The molecule has 1 atom stereocenters. The first-order valence-corrected chi connectivity index (χ1v) is 9.95. The number of fused-ring (bicyclic) bond motifs is 1. The summed E-state index contributed by atoms with van der Waals surface area (Å²) in [5.74, 6) is -1.13. The fourth-order valence-corrected chi connectivity index (χ4v) is 4.58. The Kier molecular flexibility index (Phi) is 4.24. The SMILES string of the molecule is O=C(C1=C(O)C(=O)N(C2CCCC2)C1c1ccco1)c1cc2cc(Cl)ccc2o1. The van der Waals surface area contributed by atoms with Crippen molar-refractivity contribution in [3.05, 3.63) is 70.5 Å². The van der Waals surface area contributed by atoms with Gasteiger partial charge in [0, 0.05) is 16.5 Å². The number of benzene rings is 1. The maximum Gasteiger partial charge on any atom is 0.290 e. The van der Waals surface area contributed by atoms with Gasteiger partial charge in [0.25, 0.3) is 5.91 Å². The minimum atomic E-state index is -0.773. The number of hydrogen-bond donors (Lipinski definition) is 1. The Morgan fingerprint density at radius 1 is 1.17 bits per heavy atom. The molecule has 1 aliphatic carbocycles. The van der Waals surface area contributed by atoms with E-state index in [9.17, 15) is 14.7 Å². The number of carbonyl (C=O) groups is 2. The van der Waals surface area contributed by atoms with Crippen LogP contribution in [0.2, 0.25) is 5.02 Å². The predicted octanol–water partition coefficient (Wildman–Crippen LogP) is 5.20. The molecule has 3 heterocycles. The number of aliphatic hydroxyl groups excluding tert-OH is 1. The zero-order chi connectivity index (χ0) is 20.1. The second-order valence-corrected chi connectivity index (χ2v) is 7.89. The molecule has 2 aromatic heterocycles. The van der Waals surface area contributed by atoms with Gasteiger partial charge >= 0.3 is 0 Å². The maximum atomic E-state index is 13.4. The van der Waals surface area contributed by atoms with Crippen LogP contribution < -0.4 is 0 Å².